The molecular weight excluding hydrogens is 244 g/mol. The number of carbonyl (C=O) groups is 3. The van der Waals surface area contributed by atoms with Gasteiger partial charge in [-0.25, -0.2) is 4.99 Å². The van der Waals surface area contributed by atoms with Crippen molar-refractivity contribution in [1.82, 2.24) is 4.90 Å². The van der Waals surface area contributed by atoms with E-state index < -0.39 is 0 Å². The van der Waals surface area contributed by atoms with Gasteiger partial charge in [0.1, 0.15) is 0 Å². The average Bonchev–Trinajstić information content (AvgIpc) is 2.55. The zero-order valence-corrected chi connectivity index (χ0v) is 12.6. The molecule has 1 fully saturated rings. The predicted molar refractivity (Wildman–Crippen MR) is 74.7 cm³/mol. The van der Waals surface area contributed by atoms with Gasteiger partial charge in [0.2, 0.25) is 17.7 Å². The zero-order valence-electron chi connectivity index (χ0n) is 12.6. The molecule has 3 unspecified atom stereocenters. The van der Waals surface area contributed by atoms with E-state index in [1.54, 1.807) is 13.8 Å². The average molecular weight is 268 g/mol. The minimum absolute atomic E-state index is 0.0162. The van der Waals surface area contributed by atoms with Crippen molar-refractivity contribution in [1.29, 1.82) is 0 Å². The van der Waals surface area contributed by atoms with Gasteiger partial charge in [0.25, 0.3) is 0 Å². The Labute approximate surface area is 115 Å². The molecule has 0 aliphatic carbocycles. The quantitative estimate of drug-likeness (QED) is 0.566. The Morgan fingerprint density at radius 3 is 1.63 bits per heavy atom. The standard InChI is InChI=1S/C7H11NO2.C7H13NO/c1-4-5(2)7(10)8(3)6(4)9;1-5(2)6(3)7(9)8-4/h4-5H,1-3H3;5-6H,4H2,1-3H3. The molecule has 1 rings (SSSR count). The first-order valence-electron chi connectivity index (χ1n) is 6.47. The molecule has 5 heteroatoms. The number of nitrogens with zero attached hydrogens (tertiary/aromatic N) is 2. The summed E-state index contributed by atoms with van der Waals surface area (Å²) in [6.45, 7) is 12.6. The SMILES string of the molecule is C=NC(=O)C(C)C(C)C.CC1C(=O)N(C)C(=O)C1C. The van der Waals surface area contributed by atoms with E-state index in [9.17, 15) is 14.4 Å². The van der Waals surface area contributed by atoms with Gasteiger partial charge in [0.15, 0.2) is 0 Å². The number of hydrogen-bond acceptors (Lipinski definition) is 3. The largest absolute Gasteiger partial charge is 0.285 e. The van der Waals surface area contributed by atoms with Gasteiger partial charge in [-0.05, 0) is 12.6 Å². The van der Waals surface area contributed by atoms with Crippen LogP contribution in [-0.2, 0) is 14.4 Å². The van der Waals surface area contributed by atoms with Gasteiger partial charge in [0.05, 0.1) is 0 Å². The van der Waals surface area contributed by atoms with Crippen LogP contribution in [-0.4, -0.2) is 36.4 Å². The van der Waals surface area contributed by atoms with Crippen molar-refractivity contribution in [2.75, 3.05) is 7.05 Å². The van der Waals surface area contributed by atoms with Crippen molar-refractivity contribution < 1.29 is 14.4 Å². The molecule has 3 atom stereocenters. The van der Waals surface area contributed by atoms with E-state index in [0.29, 0.717) is 5.92 Å². The number of carbonyl (C=O) groups excluding carboxylic acids is 3. The second-order valence-electron chi connectivity index (χ2n) is 5.34. The maximum Gasteiger partial charge on any atom is 0.248 e. The summed E-state index contributed by atoms with van der Waals surface area (Å²) in [5, 5.41) is 0. The molecule has 108 valence electrons. The van der Waals surface area contributed by atoms with Gasteiger partial charge in [-0.2, -0.15) is 0 Å². The smallest absolute Gasteiger partial charge is 0.248 e. The van der Waals surface area contributed by atoms with E-state index in [2.05, 4.69) is 11.7 Å². The minimum atomic E-state index is -0.127. The molecule has 0 N–H and O–H groups in total. The van der Waals surface area contributed by atoms with Gasteiger partial charge in [-0.15, -0.1) is 0 Å². The molecule has 1 saturated heterocycles. The summed E-state index contributed by atoms with van der Waals surface area (Å²) in [6.07, 6.45) is 0. The molecular formula is C14H24N2O3. The molecule has 0 saturated carbocycles. The molecule has 0 aromatic heterocycles. The van der Waals surface area contributed by atoms with Crippen LogP contribution in [0.25, 0.3) is 0 Å². The summed E-state index contributed by atoms with van der Waals surface area (Å²) in [4.78, 5) is 37.3. The number of likely N-dealkylation sites (tertiary alicyclic amines) is 1. The van der Waals surface area contributed by atoms with E-state index in [1.807, 2.05) is 20.8 Å². The number of amides is 3. The summed E-state index contributed by atoms with van der Waals surface area (Å²) in [5.41, 5.74) is 0. The highest BCUT2D eigenvalue weighted by molar-refractivity contribution is 6.04. The molecule has 1 aliphatic heterocycles. The van der Waals surface area contributed by atoms with Gasteiger partial charge in [0, 0.05) is 24.8 Å². The third kappa shape index (κ3) is 4.26. The molecule has 19 heavy (non-hydrogen) atoms. The normalized spacial score (nSPS) is 24.1. The van der Waals surface area contributed by atoms with E-state index in [-0.39, 0.29) is 35.5 Å². The summed E-state index contributed by atoms with van der Waals surface area (Å²) < 4.78 is 0. The fourth-order valence-electron chi connectivity index (χ4n) is 1.58. The number of hydrogen-bond donors (Lipinski definition) is 0. The fraction of sp³-hybridized carbons (Fsp3) is 0.714. The van der Waals surface area contributed by atoms with Crippen molar-refractivity contribution in [3.8, 4) is 0 Å². The van der Waals surface area contributed by atoms with E-state index in [4.69, 9.17) is 0 Å². The summed E-state index contributed by atoms with van der Waals surface area (Å²) >= 11 is 0. The van der Waals surface area contributed by atoms with Crippen molar-refractivity contribution in [3.63, 3.8) is 0 Å². The summed E-state index contributed by atoms with van der Waals surface area (Å²) in [7, 11) is 1.53. The van der Waals surface area contributed by atoms with Crippen LogP contribution in [0.5, 0.6) is 0 Å². The maximum absolute atomic E-state index is 11.0. The molecule has 0 radical (unpaired) electrons. The zero-order chi connectivity index (χ0) is 15.3. The topological polar surface area (TPSA) is 66.8 Å². The molecule has 5 nitrogen and oxygen atoms in total. The van der Waals surface area contributed by atoms with Crippen molar-refractivity contribution in [3.05, 3.63) is 0 Å². The second kappa shape index (κ2) is 7.16. The number of imide groups is 1. The van der Waals surface area contributed by atoms with Crippen LogP contribution in [0, 0.1) is 23.7 Å². The highest BCUT2D eigenvalue weighted by Gasteiger charge is 2.39. The Morgan fingerprint density at radius 1 is 1.16 bits per heavy atom. The molecule has 0 spiro atoms. The Bertz CT molecular complexity index is 357. The first-order chi connectivity index (χ1) is 8.64. The van der Waals surface area contributed by atoms with Gasteiger partial charge >= 0.3 is 0 Å². The van der Waals surface area contributed by atoms with Crippen LogP contribution >= 0.6 is 0 Å². The van der Waals surface area contributed by atoms with Crippen molar-refractivity contribution >= 4 is 24.4 Å². The van der Waals surface area contributed by atoms with Crippen LogP contribution in [0.3, 0.4) is 0 Å². The van der Waals surface area contributed by atoms with E-state index >= 15 is 0 Å². The lowest BCUT2D eigenvalue weighted by atomic mass is 9.98. The monoisotopic (exact) mass is 268 g/mol. The van der Waals surface area contributed by atoms with Crippen LogP contribution in [0.1, 0.15) is 34.6 Å². The molecule has 1 aliphatic rings. The van der Waals surface area contributed by atoms with E-state index in [0.717, 1.165) is 0 Å². The molecule has 0 bridgehead atoms. The van der Waals surface area contributed by atoms with Gasteiger partial charge in [-0.3, -0.25) is 19.3 Å². The highest BCUT2D eigenvalue weighted by Crippen LogP contribution is 2.23. The highest BCUT2D eigenvalue weighted by atomic mass is 16.2. The lowest BCUT2D eigenvalue weighted by Gasteiger charge is -2.09. The lowest BCUT2D eigenvalue weighted by Crippen LogP contribution is -2.25. The minimum Gasteiger partial charge on any atom is -0.285 e. The Morgan fingerprint density at radius 2 is 1.53 bits per heavy atom. The van der Waals surface area contributed by atoms with Gasteiger partial charge in [-0.1, -0.05) is 34.6 Å². The van der Waals surface area contributed by atoms with Crippen LogP contribution < -0.4 is 0 Å². The molecule has 0 aromatic carbocycles. The first kappa shape index (κ1) is 17.5. The third-order valence-corrected chi connectivity index (χ3v) is 3.74. The van der Waals surface area contributed by atoms with Gasteiger partial charge < -0.3 is 0 Å². The fourth-order valence-corrected chi connectivity index (χ4v) is 1.58. The predicted octanol–water partition coefficient (Wildman–Crippen LogP) is 1.76. The Balaban J connectivity index is 0.000000344. The van der Waals surface area contributed by atoms with Crippen LogP contribution in [0.15, 0.2) is 4.99 Å². The van der Waals surface area contributed by atoms with Crippen LogP contribution in [0.4, 0.5) is 0 Å². The molecule has 1 heterocycles. The lowest BCUT2D eigenvalue weighted by molar-refractivity contribution is -0.138. The van der Waals surface area contributed by atoms with Crippen molar-refractivity contribution in [2.24, 2.45) is 28.7 Å². The molecule has 0 aromatic rings. The van der Waals surface area contributed by atoms with E-state index in [1.165, 1.54) is 11.9 Å². The Kier molecular flexibility index (Phi) is 6.59. The third-order valence-electron chi connectivity index (χ3n) is 3.74. The number of aliphatic imine (C=N–C) groups is 1. The molecule has 3 amide bonds. The van der Waals surface area contributed by atoms with Crippen LogP contribution in [0.2, 0.25) is 0 Å². The summed E-state index contributed by atoms with van der Waals surface area (Å²) in [5.74, 6) is -0.0968. The maximum atomic E-state index is 11.0. The summed E-state index contributed by atoms with van der Waals surface area (Å²) in [6, 6.07) is 0. The second-order valence-corrected chi connectivity index (χ2v) is 5.34. The Hall–Kier alpha value is -1.52. The van der Waals surface area contributed by atoms with Crippen molar-refractivity contribution in [2.45, 2.75) is 34.6 Å². The number of rotatable bonds is 2. The first-order valence-corrected chi connectivity index (χ1v) is 6.47.